The van der Waals surface area contributed by atoms with Crippen molar-refractivity contribution in [2.24, 2.45) is 0 Å². The summed E-state index contributed by atoms with van der Waals surface area (Å²) in [7, 11) is 0. The highest BCUT2D eigenvalue weighted by Gasteiger charge is 2.12. The number of hydrogen-bond acceptors (Lipinski definition) is 4. The first kappa shape index (κ1) is 11.0. The molecule has 2 heterocycles. The van der Waals surface area contributed by atoms with E-state index in [1.54, 1.807) is 17.6 Å². The van der Waals surface area contributed by atoms with Gasteiger partial charge < -0.3 is 11.1 Å². The summed E-state index contributed by atoms with van der Waals surface area (Å²) in [4.78, 5) is 12.2. The molecule has 0 fully saturated rings. The Balaban J connectivity index is 1.99. The number of anilines is 1. The van der Waals surface area contributed by atoms with Gasteiger partial charge >= 0.3 is 0 Å². The number of carbonyl (C=O) groups is 1. The smallest absolute Gasteiger partial charge is 0.263 e. The topological polar surface area (TPSA) is 83.8 Å². The lowest BCUT2D eigenvalue weighted by Crippen LogP contribution is -2.22. The maximum absolute atomic E-state index is 11.7. The number of nitrogens with one attached hydrogen (secondary N) is 2. The molecule has 7 heteroatoms. The SMILES string of the molecule is Nc1[nH]ncc1CNC(=O)c1sccc1Cl. The molecule has 84 valence electrons. The Morgan fingerprint density at radius 3 is 3.06 bits per heavy atom. The van der Waals surface area contributed by atoms with Crippen molar-refractivity contribution in [1.82, 2.24) is 15.5 Å². The van der Waals surface area contributed by atoms with Crippen molar-refractivity contribution >= 4 is 34.7 Å². The number of amides is 1. The van der Waals surface area contributed by atoms with Gasteiger partial charge in [-0.1, -0.05) is 11.6 Å². The van der Waals surface area contributed by atoms with Gasteiger partial charge in [-0.05, 0) is 11.4 Å². The van der Waals surface area contributed by atoms with Crippen LogP contribution in [0.15, 0.2) is 17.6 Å². The van der Waals surface area contributed by atoms with Crippen LogP contribution in [0.5, 0.6) is 0 Å². The number of nitrogens with two attached hydrogens (primary N) is 1. The number of halogens is 1. The van der Waals surface area contributed by atoms with Gasteiger partial charge in [0.25, 0.3) is 5.91 Å². The summed E-state index contributed by atoms with van der Waals surface area (Å²) in [5, 5.41) is 11.3. The fraction of sp³-hybridized carbons (Fsp3) is 0.111. The molecule has 0 atom stereocenters. The molecular weight excluding hydrogens is 248 g/mol. The molecule has 0 unspecified atom stereocenters. The molecule has 2 aromatic heterocycles. The molecule has 0 bridgehead atoms. The first-order valence-corrected chi connectivity index (χ1v) is 5.73. The van der Waals surface area contributed by atoms with E-state index in [0.29, 0.717) is 22.3 Å². The molecule has 0 aliphatic rings. The Morgan fingerprint density at radius 1 is 1.69 bits per heavy atom. The number of rotatable bonds is 3. The first-order valence-electron chi connectivity index (χ1n) is 4.47. The minimum Gasteiger partial charge on any atom is -0.384 e. The molecule has 2 rings (SSSR count). The molecule has 0 spiro atoms. The molecule has 0 aliphatic heterocycles. The molecule has 1 amide bonds. The van der Waals surface area contributed by atoms with Gasteiger partial charge in [-0.2, -0.15) is 5.10 Å². The maximum Gasteiger partial charge on any atom is 0.263 e. The lowest BCUT2D eigenvalue weighted by atomic mass is 10.3. The molecule has 2 aromatic rings. The van der Waals surface area contributed by atoms with Crippen LogP contribution in [0.1, 0.15) is 15.2 Å². The number of thiophene rings is 1. The van der Waals surface area contributed by atoms with Gasteiger partial charge in [0.2, 0.25) is 0 Å². The lowest BCUT2D eigenvalue weighted by molar-refractivity contribution is 0.0955. The van der Waals surface area contributed by atoms with E-state index in [0.717, 1.165) is 5.56 Å². The van der Waals surface area contributed by atoms with Crippen molar-refractivity contribution in [3.8, 4) is 0 Å². The minimum atomic E-state index is -0.208. The molecule has 0 saturated carbocycles. The summed E-state index contributed by atoms with van der Waals surface area (Å²) in [6.07, 6.45) is 1.58. The van der Waals surface area contributed by atoms with Gasteiger partial charge in [0.15, 0.2) is 0 Å². The van der Waals surface area contributed by atoms with Crippen LogP contribution in [0.25, 0.3) is 0 Å². The van der Waals surface area contributed by atoms with E-state index in [9.17, 15) is 4.79 Å². The van der Waals surface area contributed by atoms with E-state index in [4.69, 9.17) is 17.3 Å². The molecule has 0 aromatic carbocycles. The minimum absolute atomic E-state index is 0.208. The van der Waals surface area contributed by atoms with Crippen LogP contribution in [0.4, 0.5) is 5.82 Å². The summed E-state index contributed by atoms with van der Waals surface area (Å²) >= 11 is 7.13. The average molecular weight is 257 g/mol. The molecule has 0 aliphatic carbocycles. The molecule has 5 nitrogen and oxygen atoms in total. The number of nitrogens with zero attached hydrogens (tertiary/aromatic N) is 1. The Labute approximate surface area is 101 Å². The van der Waals surface area contributed by atoms with E-state index in [-0.39, 0.29) is 5.91 Å². The van der Waals surface area contributed by atoms with Crippen LogP contribution in [0, 0.1) is 0 Å². The van der Waals surface area contributed by atoms with Gasteiger partial charge in [0, 0.05) is 12.1 Å². The zero-order valence-electron chi connectivity index (χ0n) is 8.16. The molecule has 4 N–H and O–H groups in total. The summed E-state index contributed by atoms with van der Waals surface area (Å²) in [5.74, 6) is 0.248. The highest BCUT2D eigenvalue weighted by molar-refractivity contribution is 7.12. The molecule has 0 saturated heterocycles. The van der Waals surface area contributed by atoms with E-state index >= 15 is 0 Å². The Bertz CT molecular complexity index is 507. The molecule has 0 radical (unpaired) electrons. The second-order valence-corrected chi connectivity index (χ2v) is 4.41. The Morgan fingerprint density at radius 2 is 2.50 bits per heavy atom. The summed E-state index contributed by atoms with van der Waals surface area (Å²) in [6.45, 7) is 0.329. The van der Waals surface area contributed by atoms with Crippen molar-refractivity contribution in [2.45, 2.75) is 6.54 Å². The van der Waals surface area contributed by atoms with Crippen LogP contribution in [0.2, 0.25) is 5.02 Å². The predicted octanol–water partition coefficient (Wildman–Crippen LogP) is 1.64. The fourth-order valence-electron chi connectivity index (χ4n) is 1.17. The fourth-order valence-corrected chi connectivity index (χ4v) is 2.23. The number of aromatic nitrogens is 2. The monoisotopic (exact) mass is 256 g/mol. The summed E-state index contributed by atoms with van der Waals surface area (Å²) in [5.41, 5.74) is 6.33. The zero-order valence-corrected chi connectivity index (χ0v) is 9.73. The number of aromatic amines is 1. The number of carbonyl (C=O) groups excluding carboxylic acids is 1. The van der Waals surface area contributed by atoms with Gasteiger partial charge in [-0.3, -0.25) is 9.89 Å². The van der Waals surface area contributed by atoms with Gasteiger partial charge in [0.1, 0.15) is 10.7 Å². The summed E-state index contributed by atoms with van der Waals surface area (Å²) in [6, 6.07) is 1.69. The van der Waals surface area contributed by atoms with Gasteiger partial charge in [0.05, 0.1) is 11.2 Å². The van der Waals surface area contributed by atoms with E-state index in [1.807, 2.05) is 0 Å². The van der Waals surface area contributed by atoms with Gasteiger partial charge in [-0.15, -0.1) is 11.3 Å². The third kappa shape index (κ3) is 2.17. The highest BCUT2D eigenvalue weighted by atomic mass is 35.5. The predicted molar refractivity (Wildman–Crippen MR) is 63.5 cm³/mol. The Kier molecular flexibility index (Phi) is 3.12. The molecular formula is C9H9ClN4OS. The van der Waals surface area contributed by atoms with Crippen LogP contribution in [0.3, 0.4) is 0 Å². The zero-order chi connectivity index (χ0) is 11.5. The van der Waals surface area contributed by atoms with Crippen LogP contribution in [-0.2, 0) is 6.54 Å². The average Bonchev–Trinajstić information content (AvgIpc) is 2.84. The Hall–Kier alpha value is -1.53. The normalized spacial score (nSPS) is 10.3. The van der Waals surface area contributed by atoms with Crippen molar-refractivity contribution in [3.63, 3.8) is 0 Å². The van der Waals surface area contributed by atoms with Crippen LogP contribution < -0.4 is 11.1 Å². The van der Waals surface area contributed by atoms with E-state index < -0.39 is 0 Å². The van der Waals surface area contributed by atoms with E-state index in [1.165, 1.54) is 11.3 Å². The van der Waals surface area contributed by atoms with Crippen molar-refractivity contribution in [2.75, 3.05) is 5.73 Å². The number of nitrogen functional groups attached to an aromatic ring is 1. The maximum atomic E-state index is 11.7. The largest absolute Gasteiger partial charge is 0.384 e. The van der Waals surface area contributed by atoms with Gasteiger partial charge in [-0.25, -0.2) is 0 Å². The second kappa shape index (κ2) is 4.54. The lowest BCUT2D eigenvalue weighted by Gasteiger charge is -2.02. The highest BCUT2D eigenvalue weighted by Crippen LogP contribution is 2.21. The number of hydrogen-bond donors (Lipinski definition) is 3. The van der Waals surface area contributed by atoms with Crippen LogP contribution in [-0.4, -0.2) is 16.1 Å². The number of H-pyrrole nitrogens is 1. The van der Waals surface area contributed by atoms with E-state index in [2.05, 4.69) is 15.5 Å². The van der Waals surface area contributed by atoms with Crippen molar-refractivity contribution in [3.05, 3.63) is 33.1 Å². The first-order chi connectivity index (χ1) is 7.68. The quantitative estimate of drug-likeness (QED) is 0.781. The standard InChI is InChI=1S/C9H9ClN4OS/c10-6-1-2-16-7(6)9(15)12-3-5-4-13-14-8(5)11/h1-2,4H,3H2,(H,12,15)(H3,11,13,14). The summed E-state index contributed by atoms with van der Waals surface area (Å²) < 4.78 is 0. The van der Waals surface area contributed by atoms with Crippen LogP contribution >= 0.6 is 22.9 Å². The third-order valence-electron chi connectivity index (χ3n) is 2.01. The molecule has 16 heavy (non-hydrogen) atoms. The van der Waals surface area contributed by atoms with Crippen molar-refractivity contribution < 1.29 is 4.79 Å². The third-order valence-corrected chi connectivity index (χ3v) is 3.35. The van der Waals surface area contributed by atoms with Crippen molar-refractivity contribution in [1.29, 1.82) is 0 Å². The second-order valence-electron chi connectivity index (χ2n) is 3.09.